The van der Waals surface area contributed by atoms with E-state index in [4.69, 9.17) is 0 Å². The average molecular weight is 367 g/mol. The van der Waals surface area contributed by atoms with E-state index in [1.807, 2.05) is 32.0 Å². The molecule has 144 valence electrons. The summed E-state index contributed by atoms with van der Waals surface area (Å²) in [6, 6.07) is 14.9. The van der Waals surface area contributed by atoms with Gasteiger partial charge in [-0.3, -0.25) is 9.59 Å². The summed E-state index contributed by atoms with van der Waals surface area (Å²) in [6.45, 7) is 8.32. The number of para-hydroxylation sites is 1. The molecule has 2 aromatic carbocycles. The van der Waals surface area contributed by atoms with Crippen LogP contribution in [0.25, 0.3) is 0 Å². The van der Waals surface area contributed by atoms with Crippen LogP contribution in [0.1, 0.15) is 68.8 Å². The Hall–Kier alpha value is -2.62. The van der Waals surface area contributed by atoms with E-state index >= 15 is 0 Å². The van der Waals surface area contributed by atoms with E-state index in [9.17, 15) is 9.59 Å². The maximum atomic E-state index is 12.6. The molecule has 27 heavy (non-hydrogen) atoms. The number of carbonyl (C=O) groups is 2. The Bertz CT molecular complexity index is 764. The fourth-order valence-electron chi connectivity index (χ4n) is 3.06. The van der Waals surface area contributed by atoms with E-state index in [2.05, 4.69) is 30.5 Å². The molecule has 0 aliphatic carbocycles. The summed E-state index contributed by atoms with van der Waals surface area (Å²) < 4.78 is 0. The van der Waals surface area contributed by atoms with Crippen molar-refractivity contribution in [2.45, 2.75) is 52.9 Å². The first-order valence-corrected chi connectivity index (χ1v) is 9.81. The summed E-state index contributed by atoms with van der Waals surface area (Å²) in [6.07, 6.45) is 2.65. The monoisotopic (exact) mass is 366 g/mol. The van der Waals surface area contributed by atoms with Gasteiger partial charge in [-0.2, -0.15) is 0 Å². The lowest BCUT2D eigenvalue weighted by Gasteiger charge is -2.16. The van der Waals surface area contributed by atoms with E-state index in [1.165, 1.54) is 0 Å². The predicted octanol–water partition coefficient (Wildman–Crippen LogP) is 5.83. The molecule has 2 N–H and O–H groups in total. The van der Waals surface area contributed by atoms with Crippen LogP contribution in [-0.4, -0.2) is 11.8 Å². The zero-order valence-electron chi connectivity index (χ0n) is 16.7. The number of hydrogen-bond acceptors (Lipinski definition) is 2. The molecule has 0 spiro atoms. The topological polar surface area (TPSA) is 58.2 Å². The van der Waals surface area contributed by atoms with Gasteiger partial charge in [-0.05, 0) is 61.1 Å². The van der Waals surface area contributed by atoms with E-state index < -0.39 is 0 Å². The molecular formula is C23H30N2O2. The van der Waals surface area contributed by atoms with Crippen molar-refractivity contribution >= 4 is 23.2 Å². The van der Waals surface area contributed by atoms with Gasteiger partial charge in [-0.15, -0.1) is 0 Å². The summed E-state index contributed by atoms with van der Waals surface area (Å²) in [4.78, 5) is 24.8. The maximum absolute atomic E-state index is 12.6. The number of hydrogen-bond donors (Lipinski definition) is 2. The standard InChI is InChI=1S/C23H30N2O2/c1-5-16(4)20-10-8-9-11-21(20)25-23(27)18-12-14-19(15-13-18)24-22(26)17(6-2)7-3/h8-17H,5-7H2,1-4H3,(H,24,26)(H,25,27). The van der Waals surface area contributed by atoms with Crippen molar-refractivity contribution in [3.05, 3.63) is 59.7 Å². The van der Waals surface area contributed by atoms with Crippen molar-refractivity contribution < 1.29 is 9.59 Å². The summed E-state index contributed by atoms with van der Waals surface area (Å²) in [5.74, 6) is 0.275. The number of amides is 2. The molecule has 0 aliphatic rings. The van der Waals surface area contributed by atoms with Crippen molar-refractivity contribution in [3.8, 4) is 0 Å². The molecule has 2 amide bonds. The van der Waals surface area contributed by atoms with E-state index in [1.54, 1.807) is 24.3 Å². The minimum Gasteiger partial charge on any atom is -0.326 e. The molecule has 0 fully saturated rings. The van der Waals surface area contributed by atoms with Crippen molar-refractivity contribution in [2.75, 3.05) is 10.6 Å². The number of nitrogens with one attached hydrogen (secondary N) is 2. The third-order valence-electron chi connectivity index (χ3n) is 5.12. The van der Waals surface area contributed by atoms with E-state index in [0.717, 1.165) is 30.5 Å². The van der Waals surface area contributed by atoms with Gasteiger partial charge < -0.3 is 10.6 Å². The molecule has 0 heterocycles. The maximum Gasteiger partial charge on any atom is 0.255 e. The molecule has 0 aromatic heterocycles. The molecule has 4 nitrogen and oxygen atoms in total. The molecule has 0 radical (unpaired) electrons. The van der Waals surface area contributed by atoms with Gasteiger partial charge in [-0.25, -0.2) is 0 Å². The number of benzene rings is 2. The number of rotatable bonds is 8. The molecule has 0 bridgehead atoms. The fraction of sp³-hybridized carbons (Fsp3) is 0.391. The molecule has 1 unspecified atom stereocenters. The molecular weight excluding hydrogens is 336 g/mol. The highest BCUT2D eigenvalue weighted by Gasteiger charge is 2.15. The SMILES string of the molecule is CCC(CC)C(=O)Nc1ccc(C(=O)Nc2ccccc2C(C)CC)cc1. The minimum atomic E-state index is -0.149. The molecule has 0 aliphatic heterocycles. The van der Waals surface area contributed by atoms with E-state index in [-0.39, 0.29) is 17.7 Å². The predicted molar refractivity (Wildman–Crippen MR) is 112 cm³/mol. The van der Waals surface area contributed by atoms with Crippen LogP contribution in [0, 0.1) is 5.92 Å². The van der Waals surface area contributed by atoms with Crippen LogP contribution in [0.15, 0.2) is 48.5 Å². The van der Waals surface area contributed by atoms with Crippen molar-refractivity contribution in [1.82, 2.24) is 0 Å². The quantitative estimate of drug-likeness (QED) is 0.618. The van der Waals surface area contributed by atoms with Gasteiger partial charge >= 0.3 is 0 Å². The summed E-state index contributed by atoms with van der Waals surface area (Å²) in [5, 5.41) is 5.93. The Labute approximate surface area is 162 Å². The molecule has 0 saturated heterocycles. The average Bonchev–Trinajstić information content (AvgIpc) is 2.69. The first-order valence-electron chi connectivity index (χ1n) is 9.81. The molecule has 4 heteroatoms. The zero-order valence-corrected chi connectivity index (χ0v) is 16.7. The third-order valence-corrected chi connectivity index (χ3v) is 5.12. The fourth-order valence-corrected chi connectivity index (χ4v) is 3.06. The largest absolute Gasteiger partial charge is 0.326 e. The van der Waals surface area contributed by atoms with Crippen LogP contribution in [0.3, 0.4) is 0 Å². The second-order valence-corrected chi connectivity index (χ2v) is 6.93. The summed E-state index contributed by atoms with van der Waals surface area (Å²) in [7, 11) is 0. The Balaban J connectivity index is 2.07. The van der Waals surface area contributed by atoms with Gasteiger partial charge in [0.2, 0.25) is 5.91 Å². The lowest BCUT2D eigenvalue weighted by molar-refractivity contribution is -0.120. The smallest absolute Gasteiger partial charge is 0.255 e. The third kappa shape index (κ3) is 5.43. The molecule has 0 saturated carbocycles. The summed E-state index contributed by atoms with van der Waals surface area (Å²) >= 11 is 0. The highest BCUT2D eigenvalue weighted by Crippen LogP contribution is 2.27. The van der Waals surface area contributed by atoms with Gasteiger partial charge in [-0.1, -0.05) is 45.9 Å². The highest BCUT2D eigenvalue weighted by molar-refractivity contribution is 6.05. The molecule has 2 aromatic rings. The summed E-state index contributed by atoms with van der Waals surface area (Å²) in [5.41, 5.74) is 3.27. The van der Waals surface area contributed by atoms with Crippen LogP contribution in [0.2, 0.25) is 0 Å². The molecule has 2 rings (SSSR count). The van der Waals surface area contributed by atoms with Crippen LogP contribution in [-0.2, 0) is 4.79 Å². The van der Waals surface area contributed by atoms with Crippen LogP contribution < -0.4 is 10.6 Å². The Morgan fingerprint density at radius 1 is 0.852 bits per heavy atom. The Morgan fingerprint density at radius 2 is 1.48 bits per heavy atom. The van der Waals surface area contributed by atoms with Crippen molar-refractivity contribution in [3.63, 3.8) is 0 Å². The number of carbonyl (C=O) groups excluding carboxylic acids is 2. The van der Waals surface area contributed by atoms with Gasteiger partial charge in [0.05, 0.1) is 0 Å². The van der Waals surface area contributed by atoms with Crippen LogP contribution in [0.4, 0.5) is 11.4 Å². The lowest BCUT2D eigenvalue weighted by atomic mass is 9.97. The lowest BCUT2D eigenvalue weighted by Crippen LogP contribution is -2.21. The molecule has 1 atom stereocenters. The van der Waals surface area contributed by atoms with Crippen LogP contribution in [0.5, 0.6) is 0 Å². The second kappa shape index (κ2) is 9.91. The van der Waals surface area contributed by atoms with Gasteiger partial charge in [0, 0.05) is 22.9 Å². The Morgan fingerprint density at radius 3 is 2.07 bits per heavy atom. The first-order chi connectivity index (χ1) is 13.0. The van der Waals surface area contributed by atoms with Gasteiger partial charge in [0.1, 0.15) is 0 Å². The van der Waals surface area contributed by atoms with Crippen LogP contribution >= 0.6 is 0 Å². The zero-order chi connectivity index (χ0) is 19.8. The van der Waals surface area contributed by atoms with Gasteiger partial charge in [0.15, 0.2) is 0 Å². The van der Waals surface area contributed by atoms with E-state index in [0.29, 0.717) is 17.2 Å². The normalized spacial score (nSPS) is 11.9. The second-order valence-electron chi connectivity index (χ2n) is 6.93. The number of anilines is 2. The first kappa shape index (κ1) is 20.7. The van der Waals surface area contributed by atoms with Gasteiger partial charge in [0.25, 0.3) is 5.91 Å². The Kier molecular flexibility index (Phi) is 7.59. The highest BCUT2D eigenvalue weighted by atomic mass is 16.2. The van der Waals surface area contributed by atoms with Crippen molar-refractivity contribution in [2.24, 2.45) is 5.92 Å². The minimum absolute atomic E-state index is 0.0185. The van der Waals surface area contributed by atoms with Crippen molar-refractivity contribution in [1.29, 1.82) is 0 Å².